The van der Waals surface area contributed by atoms with E-state index >= 15 is 0 Å². The molecular formula is C12H2F17NO2. The second kappa shape index (κ2) is 5.07. The monoisotopic (exact) mass is 515 g/mol. The molecule has 0 aromatic carbocycles. The Balaban J connectivity index is 2.59. The molecule has 0 saturated heterocycles. The number of nitrogens with two attached hydrogens (primary N) is 1. The van der Waals surface area contributed by atoms with Gasteiger partial charge in [-0.2, -0.15) is 52.7 Å². The Morgan fingerprint density at radius 1 is 0.594 bits per heavy atom. The summed E-state index contributed by atoms with van der Waals surface area (Å²) in [6.45, 7) is 0. The van der Waals surface area contributed by atoms with Crippen molar-refractivity contribution in [1.82, 2.24) is 0 Å². The van der Waals surface area contributed by atoms with Crippen LogP contribution >= 0.6 is 0 Å². The number of ketones is 1. The third-order valence-corrected chi connectivity index (χ3v) is 5.63. The third-order valence-electron chi connectivity index (χ3n) is 5.63. The molecular weight excluding hydrogens is 513 g/mol. The van der Waals surface area contributed by atoms with Crippen LogP contribution in [-0.4, -0.2) is 70.2 Å². The predicted octanol–water partition coefficient (Wildman–Crippen LogP) is 3.80. The summed E-state index contributed by atoms with van der Waals surface area (Å²) >= 11 is 0. The number of hydrogen-bond acceptors (Lipinski definition) is 3. The molecule has 3 nitrogen and oxygen atoms in total. The average molecular weight is 515 g/mol. The minimum atomic E-state index is -8.14. The van der Waals surface area contributed by atoms with Crippen LogP contribution in [0.1, 0.15) is 0 Å². The Bertz CT molecular complexity index is 914. The van der Waals surface area contributed by atoms with Gasteiger partial charge in [0.2, 0.25) is 5.78 Å². The SMILES string of the molecule is NC(F)(F)C(F)(F)OC1(F)C2(F)C(=O)C3(F)C(F)(F)C(F)(C2(F)F)C(F)(F)C1(F)C3(F)F. The number of carbonyl (C=O) groups is 1. The normalized spacial score (nSPS) is 48.2. The van der Waals surface area contributed by atoms with Gasteiger partial charge in [-0.1, -0.05) is 0 Å². The zero-order chi connectivity index (χ0) is 25.8. The molecule has 0 aliphatic heterocycles. The molecule has 0 spiro atoms. The first kappa shape index (κ1) is 25.0. The molecule has 4 aliphatic rings. The highest BCUT2D eigenvalue weighted by atomic mass is 19.3. The van der Waals surface area contributed by atoms with Crippen LogP contribution in [0.15, 0.2) is 0 Å². The summed E-state index contributed by atoms with van der Waals surface area (Å²) in [6.07, 6.45) is -7.24. The maximum Gasteiger partial charge on any atom is 0.437 e. The Morgan fingerprint density at radius 3 is 1.31 bits per heavy atom. The first-order valence-electron chi connectivity index (χ1n) is 7.36. The zero-order valence-electron chi connectivity index (χ0n) is 13.8. The van der Waals surface area contributed by atoms with Crippen molar-refractivity contribution in [3.8, 4) is 0 Å². The Morgan fingerprint density at radius 2 is 0.938 bits per heavy atom. The van der Waals surface area contributed by atoms with Crippen LogP contribution in [0.4, 0.5) is 74.6 Å². The highest BCUT2D eigenvalue weighted by molar-refractivity contribution is 6.04. The quantitative estimate of drug-likeness (QED) is 0.460. The van der Waals surface area contributed by atoms with Gasteiger partial charge in [-0.15, -0.1) is 0 Å². The van der Waals surface area contributed by atoms with Gasteiger partial charge in [0.25, 0.3) is 0 Å². The fourth-order valence-electron chi connectivity index (χ4n) is 3.97. The molecule has 2 N–H and O–H groups in total. The van der Waals surface area contributed by atoms with Gasteiger partial charge in [0.1, 0.15) is 0 Å². The number of ether oxygens (including phenoxy) is 1. The van der Waals surface area contributed by atoms with E-state index in [9.17, 15) is 79.4 Å². The van der Waals surface area contributed by atoms with Gasteiger partial charge in [-0.05, 0) is 0 Å². The Kier molecular flexibility index (Phi) is 3.96. The third kappa shape index (κ3) is 1.60. The molecule has 5 unspecified atom stereocenters. The maximum atomic E-state index is 14.9. The van der Waals surface area contributed by atoms with Gasteiger partial charge in [-0.25, -0.2) is 22.0 Å². The van der Waals surface area contributed by atoms with E-state index in [0.29, 0.717) is 0 Å². The summed E-state index contributed by atoms with van der Waals surface area (Å²) in [5.74, 6) is -44.5. The summed E-state index contributed by atoms with van der Waals surface area (Å²) in [5, 5.41) is 0. The summed E-state index contributed by atoms with van der Waals surface area (Å²) < 4.78 is 240. The van der Waals surface area contributed by atoms with Crippen LogP contribution in [-0.2, 0) is 9.53 Å². The molecule has 4 aliphatic carbocycles. The largest absolute Gasteiger partial charge is 0.437 e. The molecule has 0 aromatic heterocycles. The summed E-state index contributed by atoms with van der Waals surface area (Å²) in [7, 11) is 0. The van der Waals surface area contributed by atoms with Gasteiger partial charge in [-0.3, -0.25) is 15.3 Å². The van der Waals surface area contributed by atoms with E-state index in [2.05, 4.69) is 5.73 Å². The number of Topliss-reactive ketones (excluding diaryl/α,β-unsaturated/α-hetero) is 1. The lowest BCUT2D eigenvalue weighted by Crippen LogP contribution is -3.07. The number of halogens is 17. The molecule has 4 saturated carbocycles. The van der Waals surface area contributed by atoms with Gasteiger partial charge in [0.15, 0.2) is 0 Å². The van der Waals surface area contributed by atoms with Crippen molar-refractivity contribution in [2.45, 2.75) is 64.4 Å². The highest BCUT2D eigenvalue weighted by Crippen LogP contribution is 2.85. The summed E-state index contributed by atoms with van der Waals surface area (Å²) in [5.41, 5.74) is -27.5. The summed E-state index contributed by atoms with van der Waals surface area (Å²) in [6, 6.07) is -6.54. The van der Waals surface area contributed by atoms with Crippen molar-refractivity contribution in [3.05, 3.63) is 0 Å². The minimum Gasteiger partial charge on any atom is -0.291 e. The maximum absolute atomic E-state index is 14.9. The van der Waals surface area contributed by atoms with E-state index in [1.54, 1.807) is 0 Å². The minimum absolute atomic E-state index is 1.84. The lowest BCUT2D eigenvalue weighted by Gasteiger charge is -2.71. The van der Waals surface area contributed by atoms with Crippen molar-refractivity contribution in [1.29, 1.82) is 0 Å². The molecule has 4 bridgehead atoms. The second-order valence-electron chi connectivity index (χ2n) is 7.10. The smallest absolute Gasteiger partial charge is 0.291 e. The number of carbonyl (C=O) groups excluding carboxylic acids is 1. The van der Waals surface area contributed by atoms with Crippen LogP contribution in [0.2, 0.25) is 0 Å². The van der Waals surface area contributed by atoms with Gasteiger partial charge >= 0.3 is 64.4 Å². The zero-order valence-corrected chi connectivity index (χ0v) is 13.8. The molecule has 0 aromatic rings. The van der Waals surface area contributed by atoms with Gasteiger partial charge in [0, 0.05) is 0 Å². The van der Waals surface area contributed by atoms with Crippen molar-refractivity contribution in [2.24, 2.45) is 5.73 Å². The van der Waals surface area contributed by atoms with E-state index in [4.69, 9.17) is 0 Å². The Labute approximate surface area is 161 Å². The fourth-order valence-corrected chi connectivity index (χ4v) is 3.97. The first-order chi connectivity index (χ1) is 13.6. The molecule has 4 fully saturated rings. The fraction of sp³-hybridized carbons (Fsp3) is 0.917. The number of alkyl halides is 17. The topological polar surface area (TPSA) is 52.3 Å². The molecule has 4 rings (SSSR count). The van der Waals surface area contributed by atoms with Gasteiger partial charge < -0.3 is 0 Å². The summed E-state index contributed by atoms with van der Waals surface area (Å²) in [4.78, 5) is 11.6. The van der Waals surface area contributed by atoms with Crippen molar-refractivity contribution in [3.63, 3.8) is 0 Å². The van der Waals surface area contributed by atoms with Crippen LogP contribution in [0.25, 0.3) is 0 Å². The van der Waals surface area contributed by atoms with Crippen LogP contribution < -0.4 is 5.73 Å². The van der Waals surface area contributed by atoms with Gasteiger partial charge in [0.05, 0.1) is 0 Å². The molecule has 32 heavy (non-hydrogen) atoms. The van der Waals surface area contributed by atoms with E-state index in [0.717, 1.165) is 0 Å². The van der Waals surface area contributed by atoms with Crippen LogP contribution in [0, 0.1) is 0 Å². The number of rotatable bonds is 3. The molecule has 5 atom stereocenters. The lowest BCUT2D eigenvalue weighted by atomic mass is 9.41. The van der Waals surface area contributed by atoms with Crippen molar-refractivity contribution < 1.29 is 84.2 Å². The molecule has 0 heterocycles. The standard InChI is InChI=1S/C12H2F17NO2/c13-2-1(31)3(14)8(21,22)4(15,6(2,17)18)9(23,24)5(16,7(2,19)20)10(3,25)32-12(28,29)11(26,27)30/h30H2. The lowest BCUT2D eigenvalue weighted by molar-refractivity contribution is -0.575. The van der Waals surface area contributed by atoms with E-state index < -0.39 is 70.2 Å². The first-order valence-corrected chi connectivity index (χ1v) is 7.36. The average Bonchev–Trinajstić information content (AvgIpc) is 2.59. The predicted molar refractivity (Wildman–Crippen MR) is 59.2 cm³/mol. The number of hydrogen-bond donors (Lipinski definition) is 1. The van der Waals surface area contributed by atoms with E-state index in [1.165, 1.54) is 0 Å². The van der Waals surface area contributed by atoms with Crippen LogP contribution in [0.3, 0.4) is 0 Å². The van der Waals surface area contributed by atoms with E-state index in [-0.39, 0.29) is 0 Å². The van der Waals surface area contributed by atoms with Crippen LogP contribution in [0.5, 0.6) is 0 Å². The van der Waals surface area contributed by atoms with E-state index in [1.807, 2.05) is 4.74 Å². The Hall–Kier alpha value is -1.60. The second-order valence-corrected chi connectivity index (χ2v) is 7.10. The van der Waals surface area contributed by atoms with Crippen molar-refractivity contribution in [2.75, 3.05) is 0 Å². The molecule has 0 radical (unpaired) electrons. The molecule has 186 valence electrons. The molecule has 20 heteroatoms. The highest BCUT2D eigenvalue weighted by Gasteiger charge is 3.20. The molecule has 0 amide bonds. The van der Waals surface area contributed by atoms with Crippen molar-refractivity contribution >= 4 is 5.78 Å².